The third-order valence-corrected chi connectivity index (χ3v) is 9.47. The van der Waals surface area contributed by atoms with Crippen molar-refractivity contribution in [3.63, 3.8) is 0 Å². The van der Waals surface area contributed by atoms with Gasteiger partial charge in [-0.05, 0) is 47.5 Å². The molecule has 6 aromatic rings. The van der Waals surface area contributed by atoms with Gasteiger partial charge in [0.25, 0.3) is 11.8 Å². The fourth-order valence-electron chi connectivity index (χ4n) is 7.06. The zero-order chi connectivity index (χ0) is 33.4. The molecule has 0 aromatic heterocycles. The van der Waals surface area contributed by atoms with E-state index in [1.165, 1.54) is 0 Å². The van der Waals surface area contributed by atoms with Crippen molar-refractivity contribution in [1.82, 2.24) is 0 Å². The number of ether oxygens (including phenoxy) is 1. The quantitative estimate of drug-likeness (QED) is 0.185. The number of fused-ring (bicyclic) bond motifs is 3. The van der Waals surface area contributed by atoms with Crippen LogP contribution >= 0.6 is 11.6 Å². The Morgan fingerprint density at radius 2 is 1.22 bits per heavy atom. The number of anilines is 2. The maximum Gasteiger partial charge on any atom is 0.266 e. The summed E-state index contributed by atoms with van der Waals surface area (Å²) >= 11 is 6.65. The van der Waals surface area contributed by atoms with Crippen LogP contribution in [-0.4, -0.2) is 11.8 Å². The first-order valence-corrected chi connectivity index (χ1v) is 16.6. The van der Waals surface area contributed by atoms with Gasteiger partial charge < -0.3 is 4.74 Å². The Balaban J connectivity index is 1.47. The van der Waals surface area contributed by atoms with Crippen LogP contribution in [0, 0.1) is 0 Å². The number of carbonyl (C=O) groups excluding carboxylic acids is 2. The average Bonchev–Trinajstić information content (AvgIpc) is 3.29. The maximum absolute atomic E-state index is 15.5. The second-order valence-corrected chi connectivity index (χ2v) is 12.6. The summed E-state index contributed by atoms with van der Waals surface area (Å²) in [5.74, 6) is 0.0431. The molecule has 0 unspecified atom stereocenters. The molecule has 2 aliphatic rings. The van der Waals surface area contributed by atoms with E-state index in [4.69, 9.17) is 16.3 Å². The molecule has 0 bridgehead atoms. The molecule has 0 saturated heterocycles. The summed E-state index contributed by atoms with van der Waals surface area (Å²) in [4.78, 5) is 33.9. The number of rotatable bonds is 5. The average molecular weight is 659 g/mol. The van der Waals surface area contributed by atoms with E-state index in [2.05, 4.69) is 0 Å². The highest BCUT2D eigenvalue weighted by Crippen LogP contribution is 2.56. The predicted molar refractivity (Wildman–Crippen MR) is 195 cm³/mol. The van der Waals surface area contributed by atoms with Crippen LogP contribution in [-0.2, 0) is 15.3 Å². The first-order valence-electron chi connectivity index (χ1n) is 16.2. The molecule has 8 rings (SSSR count). The van der Waals surface area contributed by atoms with Crippen LogP contribution in [0.1, 0.15) is 45.1 Å². The van der Waals surface area contributed by atoms with E-state index in [1.54, 1.807) is 9.80 Å². The Bertz CT molecular complexity index is 2190. The molecule has 0 saturated carbocycles. The summed E-state index contributed by atoms with van der Waals surface area (Å²) in [5, 5.41) is 0.546. The third-order valence-electron chi connectivity index (χ3n) is 9.24. The molecular formula is C43H31ClN2O3. The van der Waals surface area contributed by atoms with Crippen LogP contribution in [0.3, 0.4) is 0 Å². The minimum absolute atomic E-state index is 0.201. The number of nitrogens with zero attached hydrogens (tertiary/aromatic N) is 2. The van der Waals surface area contributed by atoms with Gasteiger partial charge in [-0.1, -0.05) is 145 Å². The topological polar surface area (TPSA) is 49.9 Å². The molecule has 0 N–H and O–H groups in total. The summed E-state index contributed by atoms with van der Waals surface area (Å²) in [6, 6.07) is 53.0. The first kappa shape index (κ1) is 30.4. The van der Waals surface area contributed by atoms with Gasteiger partial charge in [0.1, 0.15) is 5.76 Å². The second kappa shape index (κ2) is 12.6. The summed E-state index contributed by atoms with van der Waals surface area (Å²) < 4.78 is 7.45. The van der Waals surface area contributed by atoms with Crippen LogP contribution < -0.4 is 9.80 Å². The summed E-state index contributed by atoms with van der Waals surface area (Å²) in [6.07, 6.45) is 0.203. The zero-order valence-electron chi connectivity index (χ0n) is 26.4. The van der Waals surface area contributed by atoms with Crippen molar-refractivity contribution in [2.75, 3.05) is 9.80 Å². The molecule has 2 atom stereocenters. The van der Waals surface area contributed by atoms with Crippen molar-refractivity contribution < 1.29 is 14.3 Å². The van der Waals surface area contributed by atoms with Crippen molar-refractivity contribution in [3.8, 4) is 0 Å². The van der Waals surface area contributed by atoms with E-state index in [1.807, 2.05) is 170 Å². The molecule has 0 spiro atoms. The molecule has 6 heteroatoms. The smallest absolute Gasteiger partial charge is 0.266 e. The first-order chi connectivity index (χ1) is 24.0. The van der Waals surface area contributed by atoms with Gasteiger partial charge in [-0.15, -0.1) is 0 Å². The van der Waals surface area contributed by atoms with Crippen molar-refractivity contribution in [2.24, 2.45) is 0 Å². The number of para-hydroxylation sites is 2. The predicted octanol–water partition coefficient (Wildman–Crippen LogP) is 9.92. The molecule has 0 fully saturated rings. The summed E-state index contributed by atoms with van der Waals surface area (Å²) in [5.41, 5.74) is 3.85. The van der Waals surface area contributed by atoms with Crippen molar-refractivity contribution in [3.05, 3.63) is 203 Å². The molecule has 6 aromatic carbocycles. The minimum Gasteiger partial charge on any atom is -0.462 e. The van der Waals surface area contributed by atoms with Gasteiger partial charge in [-0.2, -0.15) is 0 Å². The van der Waals surface area contributed by atoms with Gasteiger partial charge in [0.05, 0.1) is 23.0 Å². The van der Waals surface area contributed by atoms with Gasteiger partial charge >= 0.3 is 0 Å². The molecule has 238 valence electrons. The lowest BCUT2D eigenvalue weighted by Crippen LogP contribution is -2.55. The van der Waals surface area contributed by atoms with Crippen LogP contribution in [0.4, 0.5) is 11.4 Å². The van der Waals surface area contributed by atoms with Crippen molar-refractivity contribution >= 4 is 46.1 Å². The highest BCUT2D eigenvalue weighted by Gasteiger charge is 2.56. The van der Waals surface area contributed by atoms with E-state index < -0.39 is 11.8 Å². The van der Waals surface area contributed by atoms with E-state index in [-0.39, 0.29) is 18.2 Å². The number of hydrogen-bond donors (Lipinski definition) is 0. The Labute approximate surface area is 290 Å². The SMILES string of the molecule is O=C(c1ccccc1)N1c2ccccc2N2C(=O)C(c3ccccc3)=C(c3ccccc3)O[C@@]2(c2ccccc2)C[C@H]1c1cccc(Cl)c1. The van der Waals surface area contributed by atoms with Crippen LogP contribution in [0.5, 0.6) is 0 Å². The zero-order valence-corrected chi connectivity index (χ0v) is 27.2. The van der Waals surface area contributed by atoms with E-state index in [0.29, 0.717) is 33.3 Å². The molecule has 2 amide bonds. The van der Waals surface area contributed by atoms with Gasteiger partial charge in [0.2, 0.25) is 5.72 Å². The number of benzene rings is 6. The summed E-state index contributed by atoms with van der Waals surface area (Å²) in [7, 11) is 0. The van der Waals surface area contributed by atoms with E-state index >= 15 is 4.79 Å². The van der Waals surface area contributed by atoms with E-state index in [0.717, 1.165) is 22.3 Å². The molecule has 49 heavy (non-hydrogen) atoms. The monoisotopic (exact) mass is 658 g/mol. The van der Waals surface area contributed by atoms with Crippen molar-refractivity contribution in [2.45, 2.75) is 18.2 Å². The van der Waals surface area contributed by atoms with Gasteiger partial charge in [-0.25, -0.2) is 0 Å². The van der Waals surface area contributed by atoms with Crippen LogP contribution in [0.25, 0.3) is 11.3 Å². The largest absolute Gasteiger partial charge is 0.462 e. The lowest BCUT2D eigenvalue weighted by atomic mass is 9.86. The normalized spacial score (nSPS) is 18.6. The van der Waals surface area contributed by atoms with Gasteiger partial charge in [0.15, 0.2) is 0 Å². The molecule has 5 nitrogen and oxygen atoms in total. The lowest BCUT2D eigenvalue weighted by molar-refractivity contribution is -0.120. The minimum atomic E-state index is -1.38. The van der Waals surface area contributed by atoms with Crippen molar-refractivity contribution in [1.29, 1.82) is 0 Å². The Hall–Kier alpha value is -5.91. The number of amides is 2. The van der Waals surface area contributed by atoms with E-state index in [9.17, 15) is 4.79 Å². The Morgan fingerprint density at radius 3 is 1.88 bits per heavy atom. The highest BCUT2D eigenvalue weighted by atomic mass is 35.5. The number of hydrogen-bond acceptors (Lipinski definition) is 3. The Kier molecular flexibility index (Phi) is 7.83. The second-order valence-electron chi connectivity index (χ2n) is 12.1. The van der Waals surface area contributed by atoms with Crippen LogP contribution in [0.15, 0.2) is 170 Å². The molecular weight excluding hydrogens is 628 g/mol. The summed E-state index contributed by atoms with van der Waals surface area (Å²) in [6.45, 7) is 0. The molecule has 2 aliphatic heterocycles. The van der Waals surface area contributed by atoms with Gasteiger partial charge in [-0.3, -0.25) is 19.4 Å². The highest BCUT2D eigenvalue weighted by molar-refractivity contribution is 6.33. The van der Waals surface area contributed by atoms with Crippen LogP contribution in [0.2, 0.25) is 5.02 Å². The van der Waals surface area contributed by atoms with Gasteiger partial charge in [0, 0.05) is 28.1 Å². The molecule has 2 heterocycles. The standard InChI is InChI=1S/C43H31ClN2O3/c44-35-25-15-22-33(28-35)38-29-43(34-23-11-4-12-24-34)46(37-27-14-13-26-36(37)45(38)41(47)32-20-9-3-10-21-32)42(48)39(30-16-5-1-6-17-30)40(49-43)31-18-7-2-8-19-31/h1-28,38H,29H2/t38-,43+/m0/s1. The number of carbonyl (C=O) groups is 2. The lowest BCUT2D eigenvalue weighted by Gasteiger charge is -2.48. The molecule has 0 radical (unpaired) electrons. The molecule has 0 aliphatic carbocycles. The number of halogens is 1. The maximum atomic E-state index is 15.5. The fraction of sp³-hybridized carbons (Fsp3) is 0.0698. The third kappa shape index (κ3) is 5.29. The Morgan fingerprint density at radius 1 is 0.653 bits per heavy atom. The fourth-order valence-corrected chi connectivity index (χ4v) is 7.26.